The van der Waals surface area contributed by atoms with Crippen LogP contribution in [0, 0.1) is 0 Å². The Kier molecular flexibility index (Phi) is 6.27. The van der Waals surface area contributed by atoms with E-state index in [0.29, 0.717) is 13.2 Å². The molecular weight excluding hydrogens is 414 g/mol. The molecule has 1 saturated heterocycles. The zero-order chi connectivity index (χ0) is 17.9. The molecule has 1 heterocycles. The van der Waals surface area contributed by atoms with Crippen molar-refractivity contribution < 1.29 is 18.5 Å². The van der Waals surface area contributed by atoms with Gasteiger partial charge in [-0.15, -0.1) is 0 Å². The number of benzene rings is 2. The molecule has 0 unspecified atom stereocenters. The van der Waals surface area contributed by atoms with Crippen LogP contribution in [0.25, 0.3) is 0 Å². The van der Waals surface area contributed by atoms with Crippen LogP contribution in [-0.4, -0.2) is 27.4 Å². The molecule has 1 aliphatic heterocycles. The molecule has 0 amide bonds. The highest BCUT2D eigenvalue weighted by molar-refractivity contribution is 9.00. The van der Waals surface area contributed by atoms with Gasteiger partial charge in [-0.05, 0) is 59.5 Å². The molecule has 1 aliphatic rings. The first-order valence-electron chi connectivity index (χ1n) is 7.49. The molecule has 9 heteroatoms. The largest absolute Gasteiger partial charge is 0.497 e. The fourth-order valence-corrected chi connectivity index (χ4v) is 20.2. The summed E-state index contributed by atoms with van der Waals surface area (Å²) in [5, 5.41) is 1.95. The number of rotatable bonds is 4. The number of hydrogen-bond acceptors (Lipinski definition) is 7. The van der Waals surface area contributed by atoms with E-state index in [-0.39, 0.29) is 0 Å². The standard InChI is InChI=1S/C16H18O4P2S3/c1-17-13-3-7-15(8-4-13)21(23)19-11-12-20-22(24,25-21)16-9-5-14(18-2)6-10-16/h3-10H,11-12H2,1-2H3/t21-,22+. The van der Waals surface area contributed by atoms with Gasteiger partial charge in [-0.1, -0.05) is 23.6 Å². The molecule has 0 aromatic heterocycles. The maximum Gasteiger partial charge on any atom is 0.155 e. The molecule has 2 aromatic carbocycles. The van der Waals surface area contributed by atoms with Crippen LogP contribution in [0.2, 0.25) is 0 Å². The summed E-state index contributed by atoms with van der Waals surface area (Å²) in [5.41, 5.74) is -4.72. The normalized spacial score (nSPS) is 26.6. The van der Waals surface area contributed by atoms with Gasteiger partial charge in [0.15, 0.2) is 10.9 Å². The van der Waals surface area contributed by atoms with Crippen LogP contribution in [0.1, 0.15) is 0 Å². The maximum absolute atomic E-state index is 6.07. The summed E-state index contributed by atoms with van der Waals surface area (Å²) in [6.07, 6.45) is 0. The maximum atomic E-state index is 6.07. The molecule has 0 aliphatic carbocycles. The van der Waals surface area contributed by atoms with Crippen molar-refractivity contribution in [3.05, 3.63) is 48.5 Å². The molecule has 25 heavy (non-hydrogen) atoms. The SMILES string of the molecule is COc1ccc([P@@]2(=S)OCCO[P@@](=S)(c3ccc(OC)cc3)S2)cc1. The average Bonchev–Trinajstić information content (AvgIpc) is 2.81. The van der Waals surface area contributed by atoms with Crippen LogP contribution in [0.5, 0.6) is 11.5 Å². The minimum absolute atomic E-state index is 0.449. The summed E-state index contributed by atoms with van der Waals surface area (Å²) in [6.45, 7) is 0.899. The topological polar surface area (TPSA) is 36.9 Å². The second-order valence-corrected chi connectivity index (χ2v) is 18.4. The Balaban J connectivity index is 1.95. The summed E-state index contributed by atoms with van der Waals surface area (Å²) in [7, 11) is 3.28. The molecule has 0 saturated carbocycles. The van der Waals surface area contributed by atoms with Crippen molar-refractivity contribution >= 4 is 56.2 Å². The van der Waals surface area contributed by atoms with E-state index < -0.39 is 10.9 Å². The fourth-order valence-electron chi connectivity index (χ4n) is 2.28. The van der Waals surface area contributed by atoms with Crippen molar-refractivity contribution in [1.82, 2.24) is 0 Å². The third-order valence-corrected chi connectivity index (χ3v) is 19.5. The van der Waals surface area contributed by atoms with Gasteiger partial charge in [-0.25, -0.2) is 0 Å². The lowest BCUT2D eigenvalue weighted by Crippen LogP contribution is -2.06. The molecule has 0 N–H and O–H groups in total. The van der Waals surface area contributed by atoms with Crippen molar-refractivity contribution in [3.8, 4) is 11.5 Å². The zero-order valence-electron chi connectivity index (χ0n) is 13.8. The lowest BCUT2D eigenvalue weighted by Gasteiger charge is -2.25. The summed E-state index contributed by atoms with van der Waals surface area (Å²) in [6, 6.07) is 15.5. The molecule has 134 valence electrons. The van der Waals surface area contributed by atoms with Crippen LogP contribution < -0.4 is 20.1 Å². The predicted molar refractivity (Wildman–Crippen MR) is 113 cm³/mol. The number of ether oxygens (including phenoxy) is 2. The Morgan fingerprint density at radius 1 is 0.760 bits per heavy atom. The molecular formula is C16H18O4P2S3. The monoisotopic (exact) mass is 432 g/mol. The van der Waals surface area contributed by atoms with E-state index in [4.69, 9.17) is 42.1 Å². The molecule has 4 nitrogen and oxygen atoms in total. The van der Waals surface area contributed by atoms with Crippen LogP contribution in [0.4, 0.5) is 0 Å². The molecule has 0 spiro atoms. The third-order valence-electron chi connectivity index (χ3n) is 3.60. The molecule has 0 bridgehead atoms. The number of methoxy groups -OCH3 is 2. The summed E-state index contributed by atoms with van der Waals surface area (Å²) >= 11 is 13.4. The van der Waals surface area contributed by atoms with E-state index in [9.17, 15) is 0 Å². The zero-order valence-corrected chi connectivity index (χ0v) is 18.0. The van der Waals surface area contributed by atoms with Gasteiger partial charge in [0.05, 0.1) is 27.4 Å². The van der Waals surface area contributed by atoms with Gasteiger partial charge < -0.3 is 18.5 Å². The van der Waals surface area contributed by atoms with E-state index in [1.807, 2.05) is 48.5 Å². The van der Waals surface area contributed by atoms with Gasteiger partial charge in [-0.3, -0.25) is 0 Å². The third kappa shape index (κ3) is 4.30. The van der Waals surface area contributed by atoms with Crippen LogP contribution in [0.15, 0.2) is 48.5 Å². The first-order valence-corrected chi connectivity index (χ1v) is 15.0. The minimum Gasteiger partial charge on any atom is -0.497 e. The van der Waals surface area contributed by atoms with Gasteiger partial charge >= 0.3 is 0 Å². The molecule has 2 atom stereocenters. The second-order valence-electron chi connectivity index (χ2n) is 5.14. The van der Waals surface area contributed by atoms with Crippen LogP contribution in [-0.2, 0) is 32.7 Å². The average molecular weight is 432 g/mol. The molecule has 2 aromatic rings. The first kappa shape index (κ1) is 19.4. The lowest BCUT2D eigenvalue weighted by molar-refractivity contribution is 0.258. The van der Waals surface area contributed by atoms with Gasteiger partial charge in [0, 0.05) is 10.6 Å². The molecule has 1 fully saturated rings. The highest BCUT2D eigenvalue weighted by Gasteiger charge is 2.36. The highest BCUT2D eigenvalue weighted by Crippen LogP contribution is 2.78. The summed E-state index contributed by atoms with van der Waals surface area (Å²) in [5.74, 6) is 1.58. The van der Waals surface area contributed by atoms with E-state index in [1.165, 1.54) is 11.0 Å². The Hall–Kier alpha value is -0.390. The molecule has 3 rings (SSSR count). The Labute approximate surface area is 161 Å². The quantitative estimate of drug-likeness (QED) is 0.675. The van der Waals surface area contributed by atoms with Crippen molar-refractivity contribution in [1.29, 1.82) is 0 Å². The lowest BCUT2D eigenvalue weighted by atomic mass is 10.3. The first-order chi connectivity index (χ1) is 12.0. The number of hydrogen-bond donors (Lipinski definition) is 0. The Bertz CT molecular complexity index is 755. The van der Waals surface area contributed by atoms with E-state index in [1.54, 1.807) is 14.2 Å². The Morgan fingerprint density at radius 2 is 1.12 bits per heavy atom. The summed E-state index contributed by atoms with van der Waals surface area (Å²) < 4.78 is 22.6. The van der Waals surface area contributed by atoms with Gasteiger partial charge in [0.2, 0.25) is 0 Å². The van der Waals surface area contributed by atoms with Crippen molar-refractivity contribution in [2.75, 3.05) is 27.4 Å². The second kappa shape index (κ2) is 8.10. The minimum atomic E-state index is -2.36. The van der Waals surface area contributed by atoms with E-state index in [2.05, 4.69) is 0 Å². The Morgan fingerprint density at radius 3 is 1.44 bits per heavy atom. The van der Waals surface area contributed by atoms with Gasteiger partial charge in [0.1, 0.15) is 11.5 Å². The van der Waals surface area contributed by atoms with Crippen molar-refractivity contribution in [2.45, 2.75) is 0 Å². The van der Waals surface area contributed by atoms with Gasteiger partial charge in [-0.2, -0.15) is 0 Å². The van der Waals surface area contributed by atoms with E-state index >= 15 is 0 Å². The van der Waals surface area contributed by atoms with E-state index in [0.717, 1.165) is 22.1 Å². The van der Waals surface area contributed by atoms with Gasteiger partial charge in [0.25, 0.3) is 0 Å². The molecule has 0 radical (unpaired) electrons. The predicted octanol–water partition coefficient (Wildman–Crippen LogP) is 4.05. The smallest absolute Gasteiger partial charge is 0.155 e. The summed E-state index contributed by atoms with van der Waals surface area (Å²) in [4.78, 5) is 0. The van der Waals surface area contributed by atoms with Crippen molar-refractivity contribution in [3.63, 3.8) is 0 Å². The fraction of sp³-hybridized carbons (Fsp3) is 0.250. The van der Waals surface area contributed by atoms with Crippen LogP contribution in [0.3, 0.4) is 0 Å². The van der Waals surface area contributed by atoms with Crippen LogP contribution >= 0.6 is 21.9 Å². The highest BCUT2D eigenvalue weighted by atomic mass is 33.2. The van der Waals surface area contributed by atoms with Crippen molar-refractivity contribution in [2.24, 2.45) is 0 Å².